The summed E-state index contributed by atoms with van der Waals surface area (Å²) in [5.41, 5.74) is 1.59. The van der Waals surface area contributed by atoms with Gasteiger partial charge >= 0.3 is 12.2 Å². The third-order valence-corrected chi connectivity index (χ3v) is 8.86. The summed E-state index contributed by atoms with van der Waals surface area (Å²) in [5, 5.41) is 19.2. The van der Waals surface area contributed by atoms with Crippen molar-refractivity contribution in [3.8, 4) is 0 Å². The zero-order chi connectivity index (χ0) is 32.1. The number of rotatable bonds is 9. The van der Waals surface area contributed by atoms with Gasteiger partial charge in [-0.3, -0.25) is 9.59 Å². The first-order chi connectivity index (χ1) is 20.8. The fourth-order valence-electron chi connectivity index (χ4n) is 5.06. The number of urea groups is 1. The van der Waals surface area contributed by atoms with Gasteiger partial charge in [-0.1, -0.05) is 60.7 Å². The second-order valence-electron chi connectivity index (χ2n) is 11.1. The Morgan fingerprint density at radius 3 is 2.39 bits per heavy atom. The number of benzene rings is 3. The van der Waals surface area contributed by atoms with Crippen LogP contribution in [0.2, 0.25) is 0 Å². The summed E-state index contributed by atoms with van der Waals surface area (Å²) in [4.78, 5) is 41.5. The fourth-order valence-corrected chi connectivity index (χ4v) is 6.20. The first-order valence-electron chi connectivity index (χ1n) is 14.0. The van der Waals surface area contributed by atoms with Crippen LogP contribution >= 0.6 is 11.8 Å². The van der Waals surface area contributed by atoms with E-state index in [1.54, 1.807) is 30.3 Å². The Morgan fingerprint density at radius 1 is 1.02 bits per heavy atom. The number of anilines is 1. The summed E-state index contributed by atoms with van der Waals surface area (Å²) in [7, 11) is 0. The second-order valence-corrected chi connectivity index (χ2v) is 12.7. The topological polar surface area (TPSA) is 111 Å². The lowest BCUT2D eigenvalue weighted by atomic mass is 9.97. The van der Waals surface area contributed by atoms with Crippen molar-refractivity contribution in [1.29, 1.82) is 0 Å². The molecule has 1 aliphatic rings. The number of aryl methyl sites for hydroxylation is 1. The first-order valence-corrected chi connectivity index (χ1v) is 15.0. The van der Waals surface area contributed by atoms with Crippen LogP contribution in [0, 0.1) is 6.92 Å². The van der Waals surface area contributed by atoms with Gasteiger partial charge in [-0.05, 0) is 62.1 Å². The maximum Gasteiger partial charge on any atom is 0.416 e. The van der Waals surface area contributed by atoms with Crippen LogP contribution < -0.4 is 16.0 Å². The molecule has 4 N–H and O–H groups in total. The molecule has 44 heavy (non-hydrogen) atoms. The number of amides is 4. The van der Waals surface area contributed by atoms with Crippen molar-refractivity contribution in [1.82, 2.24) is 15.5 Å². The standard InChI is InChI=1S/C32H35F3N4O4S/c1-20-10-7-8-13-22(20)18-36-28(41)27-31(2,3)44-19-39(27)29(42)26(40)25(16-21-11-5-4-6-12-21)38-30(43)37-24-15-9-14-23(17-24)32(33,34)35/h4-15,17,25-27,40H,16,18-19H2,1-3H3,(H,36,41)(H2,37,38,43). The molecule has 0 saturated carbocycles. The first kappa shape index (κ1) is 32.9. The van der Waals surface area contributed by atoms with Gasteiger partial charge in [-0.15, -0.1) is 11.8 Å². The third-order valence-electron chi connectivity index (χ3n) is 7.49. The maximum absolute atomic E-state index is 13.8. The molecule has 1 aliphatic heterocycles. The highest BCUT2D eigenvalue weighted by Gasteiger charge is 2.49. The molecule has 234 valence electrons. The Labute approximate surface area is 258 Å². The number of halogens is 3. The molecule has 4 amide bonds. The number of alkyl halides is 3. The summed E-state index contributed by atoms with van der Waals surface area (Å²) >= 11 is 1.39. The van der Waals surface area contributed by atoms with Gasteiger partial charge in [0.15, 0.2) is 6.10 Å². The van der Waals surface area contributed by atoms with Gasteiger partial charge in [-0.2, -0.15) is 13.2 Å². The minimum absolute atomic E-state index is 0.0400. The van der Waals surface area contributed by atoms with Crippen LogP contribution in [-0.4, -0.2) is 56.7 Å². The largest absolute Gasteiger partial charge is 0.416 e. The molecule has 0 aliphatic carbocycles. The van der Waals surface area contributed by atoms with E-state index in [1.165, 1.54) is 22.7 Å². The van der Waals surface area contributed by atoms with E-state index in [-0.39, 0.29) is 30.4 Å². The highest BCUT2D eigenvalue weighted by atomic mass is 32.2. The lowest BCUT2D eigenvalue weighted by Crippen LogP contribution is -2.59. The van der Waals surface area contributed by atoms with E-state index in [0.717, 1.165) is 29.3 Å². The Balaban J connectivity index is 1.52. The number of thioether (sulfide) groups is 1. The number of hydrogen-bond donors (Lipinski definition) is 4. The SMILES string of the molecule is Cc1ccccc1CNC(=O)C1N(C(=O)C(O)C(Cc2ccccc2)NC(=O)Nc2cccc(C(F)(F)F)c2)CSC1(C)C. The van der Waals surface area contributed by atoms with E-state index in [4.69, 9.17) is 0 Å². The monoisotopic (exact) mass is 628 g/mol. The zero-order valence-electron chi connectivity index (χ0n) is 24.5. The summed E-state index contributed by atoms with van der Waals surface area (Å²) in [6.45, 7) is 5.89. The van der Waals surface area contributed by atoms with Gasteiger partial charge in [0.25, 0.3) is 5.91 Å². The number of aliphatic hydroxyl groups excluding tert-OH is 1. The van der Waals surface area contributed by atoms with Crippen LogP contribution in [0.15, 0.2) is 78.9 Å². The predicted molar refractivity (Wildman–Crippen MR) is 164 cm³/mol. The molecule has 1 saturated heterocycles. The number of nitrogens with zero attached hydrogens (tertiary/aromatic N) is 1. The molecule has 3 unspecified atom stereocenters. The van der Waals surface area contributed by atoms with Crippen molar-refractivity contribution in [2.75, 3.05) is 11.2 Å². The maximum atomic E-state index is 13.8. The van der Waals surface area contributed by atoms with Gasteiger partial charge in [0.1, 0.15) is 6.04 Å². The summed E-state index contributed by atoms with van der Waals surface area (Å²) in [6, 6.07) is 17.6. The Hall–Kier alpha value is -4.03. The van der Waals surface area contributed by atoms with Crippen LogP contribution in [0.25, 0.3) is 0 Å². The van der Waals surface area contributed by atoms with Crippen LogP contribution in [0.1, 0.15) is 36.1 Å². The van der Waals surface area contributed by atoms with Crippen LogP contribution in [0.3, 0.4) is 0 Å². The van der Waals surface area contributed by atoms with Crippen LogP contribution in [-0.2, 0) is 28.7 Å². The number of carbonyl (C=O) groups excluding carboxylic acids is 3. The molecular weight excluding hydrogens is 593 g/mol. The lowest BCUT2D eigenvalue weighted by Gasteiger charge is -2.33. The quantitative estimate of drug-likeness (QED) is 0.264. The molecule has 0 spiro atoms. The highest BCUT2D eigenvalue weighted by Crippen LogP contribution is 2.40. The Morgan fingerprint density at radius 2 is 1.70 bits per heavy atom. The van der Waals surface area contributed by atoms with E-state index in [1.807, 2.05) is 45.0 Å². The minimum atomic E-state index is -4.60. The minimum Gasteiger partial charge on any atom is -0.381 e. The number of hydrogen-bond acceptors (Lipinski definition) is 5. The molecular formula is C32H35F3N4O4S. The summed E-state index contributed by atoms with van der Waals surface area (Å²) in [5.74, 6) is -0.988. The van der Waals surface area contributed by atoms with E-state index >= 15 is 0 Å². The number of aliphatic hydroxyl groups is 1. The fraction of sp³-hybridized carbons (Fsp3) is 0.344. The third kappa shape index (κ3) is 8.11. The smallest absolute Gasteiger partial charge is 0.381 e. The number of nitrogens with one attached hydrogen (secondary N) is 3. The molecule has 0 radical (unpaired) electrons. The Kier molecular flexibility index (Phi) is 10.3. The average molecular weight is 629 g/mol. The van der Waals surface area contributed by atoms with E-state index in [9.17, 15) is 32.7 Å². The van der Waals surface area contributed by atoms with Crippen molar-refractivity contribution in [2.45, 2.75) is 62.8 Å². The lowest BCUT2D eigenvalue weighted by molar-refractivity contribution is -0.147. The van der Waals surface area contributed by atoms with E-state index in [0.29, 0.717) is 5.56 Å². The molecule has 1 heterocycles. The van der Waals surface area contributed by atoms with E-state index < -0.39 is 46.6 Å². The van der Waals surface area contributed by atoms with Crippen molar-refractivity contribution in [2.24, 2.45) is 0 Å². The van der Waals surface area contributed by atoms with Crippen LogP contribution in [0.5, 0.6) is 0 Å². The highest BCUT2D eigenvalue weighted by molar-refractivity contribution is 8.00. The molecule has 3 aromatic carbocycles. The van der Waals surface area contributed by atoms with Crippen molar-refractivity contribution in [3.63, 3.8) is 0 Å². The van der Waals surface area contributed by atoms with Crippen molar-refractivity contribution < 1.29 is 32.7 Å². The molecule has 3 atom stereocenters. The molecule has 8 nitrogen and oxygen atoms in total. The molecule has 0 aromatic heterocycles. The summed E-state index contributed by atoms with van der Waals surface area (Å²) in [6.07, 6.45) is -6.32. The van der Waals surface area contributed by atoms with Crippen LogP contribution in [0.4, 0.5) is 23.7 Å². The van der Waals surface area contributed by atoms with Gasteiger partial charge in [0.05, 0.1) is 17.5 Å². The molecule has 0 bridgehead atoms. The van der Waals surface area contributed by atoms with Gasteiger partial charge in [-0.25, -0.2) is 4.79 Å². The predicted octanol–water partition coefficient (Wildman–Crippen LogP) is 5.10. The Bertz CT molecular complexity index is 1490. The van der Waals surface area contributed by atoms with Gasteiger partial charge < -0.3 is 26.0 Å². The molecule has 3 aromatic rings. The van der Waals surface area contributed by atoms with Gasteiger partial charge in [0.2, 0.25) is 5.91 Å². The van der Waals surface area contributed by atoms with Gasteiger partial charge in [0, 0.05) is 17.0 Å². The average Bonchev–Trinajstić information content (AvgIpc) is 3.30. The molecule has 12 heteroatoms. The van der Waals surface area contributed by atoms with Crippen molar-refractivity contribution >= 4 is 35.3 Å². The molecule has 1 fully saturated rings. The molecule has 4 rings (SSSR count). The zero-order valence-corrected chi connectivity index (χ0v) is 25.3. The normalized spacial score (nSPS) is 17.4. The number of carbonyl (C=O) groups is 3. The van der Waals surface area contributed by atoms with E-state index in [2.05, 4.69) is 16.0 Å². The van der Waals surface area contributed by atoms with Crippen molar-refractivity contribution in [3.05, 3.63) is 101 Å². The summed E-state index contributed by atoms with van der Waals surface area (Å²) < 4.78 is 38.8. The second kappa shape index (κ2) is 13.7.